The fourth-order valence-corrected chi connectivity index (χ4v) is 5.22. The van der Waals surface area contributed by atoms with Crippen molar-refractivity contribution in [3.05, 3.63) is 99.4 Å². The van der Waals surface area contributed by atoms with Crippen LogP contribution in [0.5, 0.6) is 0 Å². The molecule has 0 radical (unpaired) electrons. The van der Waals surface area contributed by atoms with Gasteiger partial charge in [-0.3, -0.25) is 14.1 Å². The van der Waals surface area contributed by atoms with Gasteiger partial charge < -0.3 is 0 Å². The average Bonchev–Trinajstić information content (AvgIpc) is 3.56. The van der Waals surface area contributed by atoms with E-state index in [-0.39, 0.29) is 11.1 Å². The van der Waals surface area contributed by atoms with Crippen LogP contribution in [0.4, 0.5) is 0 Å². The van der Waals surface area contributed by atoms with E-state index in [1.807, 2.05) is 57.9 Å². The second-order valence-corrected chi connectivity index (χ2v) is 11.5. The predicted molar refractivity (Wildman–Crippen MR) is 159 cm³/mol. The number of pyridine rings is 1. The van der Waals surface area contributed by atoms with Crippen molar-refractivity contribution in [2.45, 2.75) is 72.8 Å². The van der Waals surface area contributed by atoms with Gasteiger partial charge in [0.15, 0.2) is 0 Å². The molecule has 1 N–H and O–H groups in total. The van der Waals surface area contributed by atoms with Gasteiger partial charge in [0, 0.05) is 29.2 Å². The lowest BCUT2D eigenvalue weighted by atomic mass is 9.85. The highest BCUT2D eigenvalue weighted by molar-refractivity contribution is 5.78. The largest absolute Gasteiger partial charge is 0.333 e. The fraction of sp³-hybridized carbons (Fsp3) is 0.344. The zero-order valence-electron chi connectivity index (χ0n) is 24.2. The normalized spacial score (nSPS) is 11.8. The summed E-state index contributed by atoms with van der Waals surface area (Å²) in [6, 6.07) is 16.3. The van der Waals surface area contributed by atoms with Crippen LogP contribution in [0.3, 0.4) is 0 Å². The molecule has 206 valence electrons. The predicted octanol–water partition coefficient (Wildman–Crippen LogP) is 6.19. The van der Waals surface area contributed by atoms with E-state index >= 15 is 0 Å². The molecule has 5 aromatic rings. The van der Waals surface area contributed by atoms with Crippen LogP contribution in [0.2, 0.25) is 0 Å². The Morgan fingerprint density at radius 2 is 1.70 bits per heavy atom. The number of aromatic nitrogens is 7. The van der Waals surface area contributed by atoms with Crippen LogP contribution in [0.25, 0.3) is 28.3 Å². The Kier molecular flexibility index (Phi) is 7.52. The highest BCUT2D eigenvalue weighted by Gasteiger charge is 2.20. The van der Waals surface area contributed by atoms with Gasteiger partial charge >= 0.3 is 5.69 Å². The topological polar surface area (TPSA) is 94.3 Å². The van der Waals surface area contributed by atoms with Crippen molar-refractivity contribution in [3.63, 3.8) is 0 Å². The van der Waals surface area contributed by atoms with Crippen LogP contribution in [-0.4, -0.2) is 34.7 Å². The summed E-state index contributed by atoms with van der Waals surface area (Å²) in [4.78, 5) is 18.6. The van der Waals surface area contributed by atoms with E-state index in [9.17, 15) is 4.79 Å². The van der Waals surface area contributed by atoms with Gasteiger partial charge in [-0.2, -0.15) is 5.21 Å². The van der Waals surface area contributed by atoms with Gasteiger partial charge in [0.25, 0.3) is 0 Å². The van der Waals surface area contributed by atoms with Gasteiger partial charge in [-0.15, -0.1) is 10.2 Å². The van der Waals surface area contributed by atoms with E-state index in [4.69, 9.17) is 4.98 Å². The van der Waals surface area contributed by atoms with Crippen LogP contribution < -0.4 is 5.69 Å². The van der Waals surface area contributed by atoms with Gasteiger partial charge in [0.05, 0.1) is 17.9 Å². The molecule has 0 fully saturated rings. The van der Waals surface area contributed by atoms with Gasteiger partial charge in [-0.25, -0.2) is 4.79 Å². The summed E-state index contributed by atoms with van der Waals surface area (Å²) in [7, 11) is 0. The Morgan fingerprint density at radius 1 is 0.975 bits per heavy atom. The van der Waals surface area contributed by atoms with Crippen molar-refractivity contribution in [2.75, 3.05) is 0 Å². The summed E-state index contributed by atoms with van der Waals surface area (Å²) in [5.41, 5.74) is 9.09. The average molecular weight is 536 g/mol. The van der Waals surface area contributed by atoms with E-state index in [1.54, 1.807) is 0 Å². The number of unbranched alkanes of at least 4 members (excludes halogenated alkanes) is 1. The Hall–Kier alpha value is -4.33. The summed E-state index contributed by atoms with van der Waals surface area (Å²) < 4.78 is 3.74. The molecule has 0 aliphatic carbocycles. The Balaban J connectivity index is 1.50. The van der Waals surface area contributed by atoms with Gasteiger partial charge in [0.2, 0.25) is 5.82 Å². The van der Waals surface area contributed by atoms with Crippen molar-refractivity contribution >= 4 is 0 Å². The molecule has 0 unspecified atom stereocenters. The third kappa shape index (κ3) is 5.39. The van der Waals surface area contributed by atoms with Crippen molar-refractivity contribution in [3.8, 4) is 28.3 Å². The molecule has 3 heterocycles. The van der Waals surface area contributed by atoms with Gasteiger partial charge in [0.1, 0.15) is 0 Å². The second-order valence-electron chi connectivity index (χ2n) is 11.5. The number of hydrogen-bond donors (Lipinski definition) is 1. The molecule has 0 spiro atoms. The molecule has 0 amide bonds. The van der Waals surface area contributed by atoms with E-state index in [2.05, 4.69) is 74.3 Å². The standard InChI is InChI=1S/C32H37N7O/c1-7-8-11-25-20-39(29-21(2)16-24(17-22(29)3)32(4,5)6)31(40)38(25)19-23-14-15-28(33-18-23)26-12-9-10-13-27(26)30-34-36-37-35-30/h9-10,12-18,20H,7-8,11,19H2,1-6H3,(H,34,35,36,37). The number of nitrogens with zero attached hydrogens (tertiary/aromatic N) is 6. The third-order valence-corrected chi connectivity index (χ3v) is 7.40. The summed E-state index contributed by atoms with van der Waals surface area (Å²) in [6.45, 7) is 13.5. The molecule has 2 aromatic carbocycles. The maximum absolute atomic E-state index is 13.9. The first-order valence-corrected chi connectivity index (χ1v) is 13.9. The number of nitrogens with one attached hydrogen (secondary N) is 1. The van der Waals surface area contributed by atoms with E-state index in [0.717, 1.165) is 64.2 Å². The molecule has 0 saturated heterocycles. The fourth-order valence-electron chi connectivity index (χ4n) is 5.22. The number of hydrogen-bond acceptors (Lipinski definition) is 5. The minimum Gasteiger partial charge on any atom is -0.292 e. The zero-order chi connectivity index (χ0) is 28.4. The molecule has 8 nitrogen and oxygen atoms in total. The van der Waals surface area contributed by atoms with E-state index < -0.39 is 0 Å². The monoisotopic (exact) mass is 535 g/mol. The SMILES string of the molecule is CCCCc1cn(-c2c(C)cc(C(C)(C)C)cc2C)c(=O)n1Cc1ccc(-c2ccccc2-c2nn[nH]n2)nc1. The number of aryl methyl sites for hydroxylation is 3. The van der Waals surface area contributed by atoms with E-state index in [0.29, 0.717) is 12.4 Å². The van der Waals surface area contributed by atoms with Crippen molar-refractivity contribution < 1.29 is 0 Å². The molecule has 0 aliphatic heterocycles. The van der Waals surface area contributed by atoms with E-state index in [1.165, 1.54) is 5.56 Å². The molecule has 8 heteroatoms. The quantitative estimate of drug-likeness (QED) is 0.256. The third-order valence-electron chi connectivity index (χ3n) is 7.40. The number of rotatable bonds is 8. The lowest BCUT2D eigenvalue weighted by molar-refractivity contribution is 0.589. The van der Waals surface area contributed by atoms with Crippen molar-refractivity contribution in [2.24, 2.45) is 0 Å². The molecule has 0 bridgehead atoms. The van der Waals surface area contributed by atoms with Crippen molar-refractivity contribution in [1.82, 2.24) is 34.7 Å². The van der Waals surface area contributed by atoms with Crippen LogP contribution in [0, 0.1) is 13.8 Å². The number of imidazole rings is 1. The highest BCUT2D eigenvalue weighted by Crippen LogP contribution is 2.30. The van der Waals surface area contributed by atoms with Crippen LogP contribution in [-0.2, 0) is 18.4 Å². The first-order valence-electron chi connectivity index (χ1n) is 13.9. The number of H-pyrrole nitrogens is 1. The molecule has 5 rings (SSSR count). The summed E-state index contributed by atoms with van der Waals surface area (Å²) in [5.74, 6) is 0.524. The molecule has 3 aromatic heterocycles. The van der Waals surface area contributed by atoms with Gasteiger partial charge in [-0.1, -0.05) is 76.6 Å². The molecule has 0 saturated carbocycles. The first-order chi connectivity index (χ1) is 19.2. The minimum atomic E-state index is -0.0210. The Labute approximate surface area is 235 Å². The molecular weight excluding hydrogens is 498 g/mol. The van der Waals surface area contributed by atoms with Crippen LogP contribution >= 0.6 is 0 Å². The highest BCUT2D eigenvalue weighted by atomic mass is 16.1. The van der Waals surface area contributed by atoms with Gasteiger partial charge in [-0.05, 0) is 65.6 Å². The summed E-state index contributed by atoms with van der Waals surface area (Å²) in [6.07, 6.45) is 6.82. The Bertz CT molecular complexity index is 1650. The number of aromatic amines is 1. The summed E-state index contributed by atoms with van der Waals surface area (Å²) >= 11 is 0. The minimum absolute atomic E-state index is 0.0210. The smallest absolute Gasteiger partial charge is 0.292 e. The molecule has 0 aliphatic rings. The lowest BCUT2D eigenvalue weighted by Gasteiger charge is -2.22. The zero-order valence-corrected chi connectivity index (χ0v) is 24.2. The molecular formula is C32H37N7O. The maximum atomic E-state index is 13.9. The van der Waals surface area contributed by atoms with Crippen LogP contribution in [0.1, 0.15) is 68.5 Å². The number of benzene rings is 2. The maximum Gasteiger partial charge on any atom is 0.333 e. The second kappa shape index (κ2) is 11.0. The lowest BCUT2D eigenvalue weighted by Crippen LogP contribution is -2.26. The van der Waals surface area contributed by atoms with Crippen LogP contribution in [0.15, 0.2) is 65.7 Å². The number of tetrazole rings is 1. The summed E-state index contributed by atoms with van der Waals surface area (Å²) in [5, 5.41) is 14.5. The molecule has 40 heavy (non-hydrogen) atoms. The van der Waals surface area contributed by atoms with Crippen molar-refractivity contribution in [1.29, 1.82) is 0 Å². The first kappa shape index (κ1) is 27.2. The molecule has 0 atom stereocenters. The Morgan fingerprint density at radius 3 is 2.30 bits per heavy atom.